The maximum Gasteiger partial charge on any atom is 0.123 e. The van der Waals surface area contributed by atoms with E-state index in [0.717, 1.165) is 17.7 Å². The molecule has 3 aromatic rings. The molecule has 0 bridgehead atoms. The van der Waals surface area contributed by atoms with E-state index >= 15 is 0 Å². The summed E-state index contributed by atoms with van der Waals surface area (Å²) in [6.07, 6.45) is 3.65. The van der Waals surface area contributed by atoms with E-state index in [4.69, 9.17) is 0 Å². The molecule has 0 spiro atoms. The van der Waals surface area contributed by atoms with Crippen LogP contribution in [0.15, 0.2) is 79.1 Å². The lowest BCUT2D eigenvalue weighted by Gasteiger charge is -2.29. The summed E-state index contributed by atoms with van der Waals surface area (Å²) >= 11 is 0. The third-order valence-electron chi connectivity index (χ3n) is 3.90. The van der Waals surface area contributed by atoms with Gasteiger partial charge in [0.25, 0.3) is 0 Å². The van der Waals surface area contributed by atoms with Gasteiger partial charge < -0.3 is 0 Å². The molecule has 0 aliphatic rings. The summed E-state index contributed by atoms with van der Waals surface area (Å²) in [5.41, 5.74) is 3.41. The van der Waals surface area contributed by atoms with Crippen LogP contribution >= 0.6 is 0 Å². The molecule has 0 fully saturated rings. The molecule has 1 atom stereocenters. The van der Waals surface area contributed by atoms with Gasteiger partial charge in [-0.1, -0.05) is 48.5 Å². The third kappa shape index (κ3) is 3.82. The van der Waals surface area contributed by atoms with Crippen LogP contribution in [0.2, 0.25) is 0 Å². The van der Waals surface area contributed by atoms with Crippen molar-refractivity contribution in [3.63, 3.8) is 0 Å². The fraction of sp³-hybridized carbons (Fsp3) is 0.150. The van der Waals surface area contributed by atoms with Gasteiger partial charge in [0.2, 0.25) is 0 Å². The molecule has 3 rings (SSSR count). The summed E-state index contributed by atoms with van der Waals surface area (Å²) < 4.78 is 13.3. The highest BCUT2D eigenvalue weighted by atomic mass is 19.1. The molecule has 0 aliphatic heterocycles. The van der Waals surface area contributed by atoms with Crippen molar-refractivity contribution in [3.8, 4) is 0 Å². The van der Waals surface area contributed by atoms with Crippen LogP contribution in [-0.4, -0.2) is 16.9 Å². The lowest BCUT2D eigenvalue weighted by atomic mass is 9.97. The molecule has 0 N–H and O–H groups in total. The summed E-state index contributed by atoms with van der Waals surface area (Å²) in [6, 6.07) is 21.1. The number of rotatable bonds is 5. The Bertz CT molecular complexity index is 727. The Kier molecular flexibility index (Phi) is 4.79. The molecule has 0 aliphatic carbocycles. The lowest BCUT2D eigenvalue weighted by molar-refractivity contribution is 0.270. The SMILES string of the molecule is CN(Cc1cccnc1)C(c1ccccc1)c1ccc(F)cc1. The molecule has 1 unspecified atom stereocenters. The number of pyridine rings is 1. The Balaban J connectivity index is 1.93. The Morgan fingerprint density at radius 1 is 0.913 bits per heavy atom. The van der Waals surface area contributed by atoms with Crippen LogP contribution in [0.4, 0.5) is 4.39 Å². The minimum absolute atomic E-state index is 0.0667. The fourth-order valence-corrected chi connectivity index (χ4v) is 2.85. The molecular weight excluding hydrogens is 287 g/mol. The molecule has 116 valence electrons. The van der Waals surface area contributed by atoms with E-state index in [0.29, 0.717) is 0 Å². The number of hydrogen-bond acceptors (Lipinski definition) is 2. The topological polar surface area (TPSA) is 16.1 Å². The van der Waals surface area contributed by atoms with Crippen LogP contribution < -0.4 is 0 Å². The van der Waals surface area contributed by atoms with Crippen molar-refractivity contribution < 1.29 is 4.39 Å². The average molecular weight is 306 g/mol. The molecule has 2 nitrogen and oxygen atoms in total. The standard InChI is InChI=1S/C20H19FN2/c1-23(15-16-6-5-13-22-14-16)20(17-7-3-2-4-8-17)18-9-11-19(21)12-10-18/h2-14,20H,15H2,1H3. The monoisotopic (exact) mass is 306 g/mol. The first-order chi connectivity index (χ1) is 11.2. The number of nitrogens with zero attached hydrogens (tertiary/aromatic N) is 2. The highest BCUT2D eigenvalue weighted by Crippen LogP contribution is 2.28. The van der Waals surface area contributed by atoms with Gasteiger partial charge in [0, 0.05) is 18.9 Å². The fourth-order valence-electron chi connectivity index (χ4n) is 2.85. The van der Waals surface area contributed by atoms with Crippen molar-refractivity contribution in [2.45, 2.75) is 12.6 Å². The quantitative estimate of drug-likeness (QED) is 0.692. The smallest absolute Gasteiger partial charge is 0.123 e. The predicted octanol–water partition coefficient (Wildman–Crippen LogP) is 4.44. The van der Waals surface area contributed by atoms with Gasteiger partial charge >= 0.3 is 0 Å². The van der Waals surface area contributed by atoms with Crippen molar-refractivity contribution in [2.75, 3.05) is 7.05 Å². The molecule has 23 heavy (non-hydrogen) atoms. The molecule has 0 saturated heterocycles. The molecule has 0 amide bonds. The van der Waals surface area contributed by atoms with Crippen molar-refractivity contribution >= 4 is 0 Å². The highest BCUT2D eigenvalue weighted by molar-refractivity contribution is 5.32. The Morgan fingerprint density at radius 2 is 1.61 bits per heavy atom. The molecule has 1 aromatic heterocycles. The Morgan fingerprint density at radius 3 is 2.26 bits per heavy atom. The Hall–Kier alpha value is -2.52. The molecule has 2 aromatic carbocycles. The van der Waals surface area contributed by atoms with Crippen LogP contribution in [0.5, 0.6) is 0 Å². The zero-order valence-electron chi connectivity index (χ0n) is 13.1. The van der Waals surface area contributed by atoms with Gasteiger partial charge in [-0.25, -0.2) is 4.39 Å². The second kappa shape index (κ2) is 7.16. The van der Waals surface area contributed by atoms with Crippen molar-refractivity contribution in [1.29, 1.82) is 0 Å². The summed E-state index contributed by atoms with van der Waals surface area (Å²) in [7, 11) is 2.08. The van der Waals surface area contributed by atoms with Gasteiger partial charge in [-0.3, -0.25) is 9.88 Å². The summed E-state index contributed by atoms with van der Waals surface area (Å²) in [6.45, 7) is 0.769. The first kappa shape index (κ1) is 15.4. The Labute approximate surface area is 136 Å². The molecule has 0 saturated carbocycles. The second-order valence-electron chi connectivity index (χ2n) is 5.64. The maximum absolute atomic E-state index is 13.3. The first-order valence-corrected chi connectivity index (χ1v) is 7.63. The van der Waals surface area contributed by atoms with Gasteiger partial charge in [0.15, 0.2) is 0 Å². The van der Waals surface area contributed by atoms with E-state index in [1.54, 1.807) is 6.20 Å². The van der Waals surface area contributed by atoms with E-state index in [2.05, 4.69) is 35.1 Å². The number of halogens is 1. The zero-order valence-corrected chi connectivity index (χ0v) is 13.1. The van der Waals surface area contributed by atoms with Crippen molar-refractivity contribution in [2.24, 2.45) is 0 Å². The van der Waals surface area contributed by atoms with E-state index in [-0.39, 0.29) is 11.9 Å². The number of benzene rings is 2. The number of hydrogen-bond donors (Lipinski definition) is 0. The average Bonchev–Trinajstić information content (AvgIpc) is 2.59. The van der Waals surface area contributed by atoms with Crippen LogP contribution in [0.25, 0.3) is 0 Å². The van der Waals surface area contributed by atoms with Gasteiger partial charge in [-0.2, -0.15) is 0 Å². The first-order valence-electron chi connectivity index (χ1n) is 7.63. The predicted molar refractivity (Wildman–Crippen MR) is 90.4 cm³/mol. The highest BCUT2D eigenvalue weighted by Gasteiger charge is 2.19. The van der Waals surface area contributed by atoms with Crippen LogP contribution in [0.1, 0.15) is 22.7 Å². The minimum atomic E-state index is -0.213. The van der Waals surface area contributed by atoms with Crippen LogP contribution in [0, 0.1) is 5.82 Å². The van der Waals surface area contributed by atoms with Crippen molar-refractivity contribution in [1.82, 2.24) is 9.88 Å². The molecule has 0 radical (unpaired) electrons. The normalized spacial score (nSPS) is 12.3. The number of aromatic nitrogens is 1. The molecule has 3 heteroatoms. The zero-order chi connectivity index (χ0) is 16.1. The summed E-state index contributed by atoms with van der Waals surface area (Å²) in [4.78, 5) is 6.43. The summed E-state index contributed by atoms with van der Waals surface area (Å²) in [5, 5.41) is 0. The van der Waals surface area contributed by atoms with Crippen LogP contribution in [0.3, 0.4) is 0 Å². The van der Waals surface area contributed by atoms with E-state index in [9.17, 15) is 4.39 Å². The second-order valence-corrected chi connectivity index (χ2v) is 5.64. The van der Waals surface area contributed by atoms with Crippen molar-refractivity contribution in [3.05, 3.63) is 102 Å². The summed E-state index contributed by atoms with van der Waals surface area (Å²) in [5.74, 6) is -0.213. The third-order valence-corrected chi connectivity index (χ3v) is 3.90. The van der Waals surface area contributed by atoms with E-state index in [1.807, 2.05) is 42.6 Å². The molecule has 1 heterocycles. The maximum atomic E-state index is 13.3. The van der Waals surface area contributed by atoms with E-state index in [1.165, 1.54) is 17.7 Å². The van der Waals surface area contributed by atoms with Crippen LogP contribution in [-0.2, 0) is 6.54 Å². The lowest BCUT2D eigenvalue weighted by Crippen LogP contribution is -2.25. The van der Waals surface area contributed by atoms with Gasteiger partial charge in [-0.15, -0.1) is 0 Å². The molecular formula is C20H19FN2. The van der Waals surface area contributed by atoms with Gasteiger partial charge in [-0.05, 0) is 41.9 Å². The minimum Gasteiger partial charge on any atom is -0.291 e. The van der Waals surface area contributed by atoms with E-state index < -0.39 is 0 Å². The van der Waals surface area contributed by atoms with Gasteiger partial charge in [0.1, 0.15) is 5.82 Å². The van der Waals surface area contributed by atoms with Gasteiger partial charge in [0.05, 0.1) is 6.04 Å². The largest absolute Gasteiger partial charge is 0.291 e.